The highest BCUT2D eigenvalue weighted by Crippen LogP contribution is 2.37. The van der Waals surface area contributed by atoms with Crippen LogP contribution in [0.25, 0.3) is 0 Å². The van der Waals surface area contributed by atoms with Crippen molar-refractivity contribution in [1.82, 2.24) is 14.8 Å². The Bertz CT molecular complexity index is 1740. The van der Waals surface area contributed by atoms with Gasteiger partial charge in [0.05, 0.1) is 24.3 Å². The van der Waals surface area contributed by atoms with Gasteiger partial charge < -0.3 is 18.9 Å². The van der Waals surface area contributed by atoms with Crippen molar-refractivity contribution in [3.05, 3.63) is 110 Å². The summed E-state index contributed by atoms with van der Waals surface area (Å²) in [6.07, 6.45) is 4.51. The number of thiophene rings is 1. The molecule has 12 heteroatoms. The van der Waals surface area contributed by atoms with Crippen LogP contribution in [0.1, 0.15) is 56.2 Å². The van der Waals surface area contributed by atoms with Crippen LogP contribution in [0.2, 0.25) is 10.0 Å². The topological polar surface area (TPSA) is 90.4 Å². The summed E-state index contributed by atoms with van der Waals surface area (Å²) in [6.45, 7) is 3.37. The average Bonchev–Trinajstić information content (AvgIpc) is 3.58. The maximum Gasteiger partial charge on any atom is 0.348 e. The van der Waals surface area contributed by atoms with E-state index in [4.69, 9.17) is 42.1 Å². The zero-order chi connectivity index (χ0) is 34.5. The molecule has 4 aromatic rings. The maximum atomic E-state index is 13.8. The first-order valence-electron chi connectivity index (χ1n) is 16.2. The number of rotatable bonds is 13. The number of hydrogen-bond donors (Lipinski definition) is 0. The predicted octanol–water partition coefficient (Wildman–Crippen LogP) is 7.42. The molecule has 0 N–H and O–H groups in total. The van der Waals surface area contributed by atoms with E-state index >= 15 is 0 Å². The second-order valence-corrected chi connectivity index (χ2v) is 14.4. The van der Waals surface area contributed by atoms with Gasteiger partial charge in [-0.15, -0.1) is 11.3 Å². The summed E-state index contributed by atoms with van der Waals surface area (Å²) in [5, 5.41) is 0.742. The van der Waals surface area contributed by atoms with Gasteiger partial charge in [-0.25, -0.2) is 9.59 Å². The Hall–Kier alpha value is -3.67. The Morgan fingerprint density at radius 1 is 0.959 bits per heavy atom. The lowest BCUT2D eigenvalue weighted by Crippen LogP contribution is -2.52. The lowest BCUT2D eigenvalue weighted by Gasteiger charge is -2.44. The van der Waals surface area contributed by atoms with E-state index in [0.29, 0.717) is 50.0 Å². The van der Waals surface area contributed by atoms with Gasteiger partial charge in [0.1, 0.15) is 23.1 Å². The van der Waals surface area contributed by atoms with E-state index in [2.05, 4.69) is 9.88 Å². The molecule has 2 bridgehead atoms. The van der Waals surface area contributed by atoms with Crippen molar-refractivity contribution >= 4 is 46.5 Å². The number of ether oxygens (including phenoxy) is 4. The van der Waals surface area contributed by atoms with Crippen molar-refractivity contribution in [2.45, 2.75) is 44.1 Å². The van der Waals surface area contributed by atoms with E-state index in [1.54, 1.807) is 32.4 Å². The molecule has 2 aromatic heterocycles. The smallest absolute Gasteiger partial charge is 0.348 e. The molecular formula is C37H39Cl2N3O6S. The average molecular weight is 725 g/mol. The van der Waals surface area contributed by atoms with Crippen LogP contribution in [-0.4, -0.2) is 73.7 Å². The van der Waals surface area contributed by atoms with E-state index in [1.165, 1.54) is 23.7 Å². The number of carbonyl (C=O) groups excluding carboxylic acids is 2. The van der Waals surface area contributed by atoms with E-state index in [9.17, 15) is 9.59 Å². The van der Waals surface area contributed by atoms with E-state index < -0.39 is 18.1 Å². The number of methoxy groups -OCH3 is 2. The van der Waals surface area contributed by atoms with Gasteiger partial charge in [0.2, 0.25) is 0 Å². The number of pyridine rings is 1. The standard InChI is InChI=1S/C37H39Cl2N3O6S/c1-41(35(24-7-5-4-6-8-24)37(44)48-33-22-42-15-13-23(33)14-16-42)21-26-10-12-34(49-26)36(43)47-31(18-27-28(38)19-40-20-29(27)39)25-9-11-30(45-2)32(17-25)46-3/h4-12,17,19-20,23,31,33,35H,13-16,18,21-22H2,1-3H3/t31-,33-,35?/m0/s1. The molecular weight excluding hydrogens is 685 g/mol. The van der Waals surface area contributed by atoms with Crippen LogP contribution in [0.3, 0.4) is 0 Å². The number of nitrogens with zero attached hydrogens (tertiary/aromatic N) is 3. The van der Waals surface area contributed by atoms with Crippen molar-refractivity contribution in [2.24, 2.45) is 5.92 Å². The number of esters is 2. The number of piperidine rings is 3. The molecule has 258 valence electrons. The summed E-state index contributed by atoms with van der Waals surface area (Å²) in [4.78, 5) is 37.2. The summed E-state index contributed by atoms with van der Waals surface area (Å²) in [5.41, 5.74) is 2.15. The van der Waals surface area contributed by atoms with Crippen LogP contribution in [0, 0.1) is 5.92 Å². The predicted molar refractivity (Wildman–Crippen MR) is 190 cm³/mol. The molecule has 0 saturated carbocycles. The first-order valence-corrected chi connectivity index (χ1v) is 17.8. The molecule has 3 saturated heterocycles. The molecule has 7 rings (SSSR count). The molecule has 1 unspecified atom stereocenters. The Kier molecular flexibility index (Phi) is 11.4. The molecule has 3 atom stereocenters. The molecule has 3 aliphatic rings. The highest BCUT2D eigenvalue weighted by atomic mass is 35.5. The number of hydrogen-bond acceptors (Lipinski definition) is 10. The van der Waals surface area contributed by atoms with E-state index in [1.807, 2.05) is 54.4 Å². The molecule has 9 nitrogen and oxygen atoms in total. The molecule has 3 aliphatic heterocycles. The zero-order valence-corrected chi connectivity index (χ0v) is 30.0. The molecule has 0 spiro atoms. The van der Waals surface area contributed by atoms with Gasteiger partial charge in [-0.2, -0.15) is 0 Å². The molecule has 49 heavy (non-hydrogen) atoms. The lowest BCUT2D eigenvalue weighted by molar-refractivity contribution is -0.165. The summed E-state index contributed by atoms with van der Waals surface area (Å²) in [5.74, 6) is 0.699. The highest BCUT2D eigenvalue weighted by Gasteiger charge is 2.38. The summed E-state index contributed by atoms with van der Waals surface area (Å²) in [7, 11) is 5.01. The lowest BCUT2D eigenvalue weighted by atomic mass is 9.86. The van der Waals surface area contributed by atoms with Crippen LogP contribution in [0.4, 0.5) is 0 Å². The number of fused-ring (bicyclic) bond motifs is 3. The van der Waals surface area contributed by atoms with Gasteiger partial charge in [-0.3, -0.25) is 14.8 Å². The highest BCUT2D eigenvalue weighted by molar-refractivity contribution is 7.13. The number of carbonyl (C=O) groups is 2. The Morgan fingerprint density at radius 3 is 2.33 bits per heavy atom. The Labute approximate surface area is 300 Å². The first-order chi connectivity index (χ1) is 23.7. The van der Waals surface area contributed by atoms with Crippen molar-refractivity contribution < 1.29 is 28.5 Å². The third-order valence-electron chi connectivity index (χ3n) is 9.28. The van der Waals surface area contributed by atoms with Crippen molar-refractivity contribution in [3.8, 4) is 11.5 Å². The molecule has 0 amide bonds. The Balaban J connectivity index is 1.19. The van der Waals surface area contributed by atoms with Crippen LogP contribution >= 0.6 is 34.5 Å². The first kappa shape index (κ1) is 35.2. The van der Waals surface area contributed by atoms with Gasteiger partial charge in [0.15, 0.2) is 11.5 Å². The van der Waals surface area contributed by atoms with Gasteiger partial charge in [-0.05, 0) is 79.9 Å². The number of benzene rings is 2. The van der Waals surface area contributed by atoms with Gasteiger partial charge in [-0.1, -0.05) is 59.6 Å². The van der Waals surface area contributed by atoms with Crippen LogP contribution in [0.5, 0.6) is 11.5 Å². The molecule has 0 aliphatic carbocycles. The zero-order valence-electron chi connectivity index (χ0n) is 27.6. The molecule has 3 fully saturated rings. The molecule has 0 radical (unpaired) electrons. The summed E-state index contributed by atoms with van der Waals surface area (Å²) < 4.78 is 23.2. The van der Waals surface area contributed by atoms with Crippen molar-refractivity contribution in [3.63, 3.8) is 0 Å². The maximum absolute atomic E-state index is 13.8. The Morgan fingerprint density at radius 2 is 1.67 bits per heavy atom. The second-order valence-electron chi connectivity index (χ2n) is 12.4. The third-order valence-corrected chi connectivity index (χ3v) is 11.0. The number of halogens is 2. The van der Waals surface area contributed by atoms with Gasteiger partial charge >= 0.3 is 11.9 Å². The minimum absolute atomic E-state index is 0.0896. The largest absolute Gasteiger partial charge is 0.493 e. The quantitative estimate of drug-likeness (QED) is 0.131. The van der Waals surface area contributed by atoms with E-state index in [-0.39, 0.29) is 18.5 Å². The second kappa shape index (κ2) is 15.9. The van der Waals surface area contributed by atoms with Gasteiger partial charge in [0, 0.05) is 36.8 Å². The molecule has 5 heterocycles. The summed E-state index contributed by atoms with van der Waals surface area (Å²) >= 11 is 14.3. The fourth-order valence-electron chi connectivity index (χ4n) is 6.66. The molecule has 2 aromatic carbocycles. The minimum Gasteiger partial charge on any atom is -0.493 e. The minimum atomic E-state index is -0.749. The third kappa shape index (κ3) is 8.22. The van der Waals surface area contributed by atoms with Crippen molar-refractivity contribution in [2.75, 3.05) is 40.9 Å². The van der Waals surface area contributed by atoms with Crippen LogP contribution in [0.15, 0.2) is 73.1 Å². The van der Waals surface area contributed by atoms with E-state index in [0.717, 1.165) is 42.9 Å². The van der Waals surface area contributed by atoms with Crippen molar-refractivity contribution in [1.29, 1.82) is 0 Å². The fourth-order valence-corrected chi connectivity index (χ4v) is 8.13. The summed E-state index contributed by atoms with van der Waals surface area (Å²) in [6, 6.07) is 18.1. The van der Waals surface area contributed by atoms with Gasteiger partial charge in [0.25, 0.3) is 0 Å². The normalized spacial score (nSPS) is 19.7. The van der Waals surface area contributed by atoms with Crippen LogP contribution in [-0.2, 0) is 27.2 Å². The monoisotopic (exact) mass is 723 g/mol. The SMILES string of the molecule is COc1ccc([C@H](Cc2c(Cl)cncc2Cl)OC(=O)c2ccc(CN(C)C(C(=O)O[C@H]3CN4CCC3CC4)c3ccccc3)s2)cc1OC. The fraction of sp³-hybridized carbons (Fsp3) is 0.378. The number of likely N-dealkylation sites (N-methyl/N-ethyl adjacent to an activating group) is 1. The number of aromatic nitrogens is 1. The van der Waals surface area contributed by atoms with Crippen LogP contribution < -0.4 is 9.47 Å².